The maximum Gasteiger partial charge on any atom is 0.140 e. The molecule has 3 N–H and O–H groups in total. The number of pyridine rings is 1. The number of anilines is 1. The van der Waals surface area contributed by atoms with Gasteiger partial charge in [0.1, 0.15) is 5.82 Å². The summed E-state index contributed by atoms with van der Waals surface area (Å²) in [5.74, 6) is 0.856. The molecule has 0 unspecified atom stereocenters. The Morgan fingerprint density at radius 1 is 1.47 bits per heavy atom. The average Bonchev–Trinajstić information content (AvgIpc) is 2.14. The summed E-state index contributed by atoms with van der Waals surface area (Å²) in [6.45, 7) is 0.792. The number of rotatable bonds is 3. The Labute approximate surface area is 106 Å². The Morgan fingerprint density at radius 2 is 2.20 bits per heavy atom. The van der Waals surface area contributed by atoms with E-state index in [-0.39, 0.29) is 5.54 Å². The van der Waals surface area contributed by atoms with Crippen molar-refractivity contribution in [2.45, 2.75) is 24.8 Å². The number of nitrogens with two attached hydrogens (primary N) is 1. The lowest BCUT2D eigenvalue weighted by Gasteiger charge is -2.38. The number of nitrogens with zero attached hydrogens (tertiary/aromatic N) is 1. The first kappa shape index (κ1) is 11.4. The van der Waals surface area contributed by atoms with E-state index in [9.17, 15) is 0 Å². The summed E-state index contributed by atoms with van der Waals surface area (Å²) in [4.78, 5) is 4.28. The van der Waals surface area contributed by atoms with Gasteiger partial charge >= 0.3 is 0 Å². The monoisotopic (exact) mass is 333 g/mol. The van der Waals surface area contributed by atoms with Crippen LogP contribution in [0, 0.1) is 0 Å². The highest BCUT2D eigenvalue weighted by atomic mass is 79.9. The zero-order valence-corrected chi connectivity index (χ0v) is 11.4. The van der Waals surface area contributed by atoms with Crippen molar-refractivity contribution in [1.29, 1.82) is 0 Å². The SMILES string of the molecule is NC1(CNc2ncc(Br)cc2Br)CCC1. The second kappa shape index (κ2) is 4.39. The highest BCUT2D eigenvalue weighted by molar-refractivity contribution is 9.11. The van der Waals surface area contributed by atoms with Crippen LogP contribution in [0.4, 0.5) is 5.82 Å². The van der Waals surface area contributed by atoms with Gasteiger partial charge in [0.25, 0.3) is 0 Å². The van der Waals surface area contributed by atoms with Crippen LogP contribution in [0.25, 0.3) is 0 Å². The minimum Gasteiger partial charge on any atom is -0.367 e. The molecule has 0 saturated heterocycles. The molecule has 1 aliphatic rings. The van der Waals surface area contributed by atoms with E-state index in [0.717, 1.165) is 34.1 Å². The summed E-state index contributed by atoms with van der Waals surface area (Å²) in [7, 11) is 0. The minimum absolute atomic E-state index is 0.0196. The van der Waals surface area contributed by atoms with Crippen molar-refractivity contribution in [3.8, 4) is 0 Å². The summed E-state index contributed by atoms with van der Waals surface area (Å²) in [5.41, 5.74) is 6.10. The van der Waals surface area contributed by atoms with Crippen molar-refractivity contribution in [3.05, 3.63) is 21.2 Å². The Hall–Kier alpha value is -0.130. The molecule has 0 spiro atoms. The molecule has 0 atom stereocenters. The first-order valence-corrected chi connectivity index (χ1v) is 6.51. The summed E-state index contributed by atoms with van der Waals surface area (Å²) in [6.07, 6.45) is 5.23. The average molecular weight is 335 g/mol. The molecule has 1 aromatic heterocycles. The fraction of sp³-hybridized carbons (Fsp3) is 0.500. The summed E-state index contributed by atoms with van der Waals surface area (Å²) in [6, 6.07) is 1.97. The van der Waals surface area contributed by atoms with Gasteiger partial charge in [-0.2, -0.15) is 0 Å². The molecule has 1 fully saturated rings. The van der Waals surface area contributed by atoms with Crippen LogP contribution < -0.4 is 11.1 Å². The van der Waals surface area contributed by atoms with Gasteiger partial charge in [0, 0.05) is 22.8 Å². The third-order valence-corrected chi connectivity index (χ3v) is 3.80. The van der Waals surface area contributed by atoms with Gasteiger partial charge in [-0.3, -0.25) is 0 Å². The Morgan fingerprint density at radius 3 is 2.73 bits per heavy atom. The molecule has 1 aliphatic carbocycles. The fourth-order valence-electron chi connectivity index (χ4n) is 1.61. The molecule has 0 aliphatic heterocycles. The number of hydrogen-bond donors (Lipinski definition) is 2. The molecule has 15 heavy (non-hydrogen) atoms. The maximum absolute atomic E-state index is 6.12. The van der Waals surface area contributed by atoms with E-state index in [0.29, 0.717) is 0 Å². The summed E-state index contributed by atoms with van der Waals surface area (Å²) < 4.78 is 1.92. The number of hydrogen-bond acceptors (Lipinski definition) is 3. The number of nitrogens with one attached hydrogen (secondary N) is 1. The topological polar surface area (TPSA) is 50.9 Å². The third kappa shape index (κ3) is 2.71. The summed E-state index contributed by atoms with van der Waals surface area (Å²) in [5, 5.41) is 3.28. The van der Waals surface area contributed by atoms with Crippen LogP contribution in [0.2, 0.25) is 0 Å². The molecule has 0 bridgehead atoms. The molecular formula is C10H13Br2N3. The third-order valence-electron chi connectivity index (χ3n) is 2.77. The molecule has 1 aromatic rings. The van der Waals surface area contributed by atoms with E-state index >= 15 is 0 Å². The fourth-order valence-corrected chi connectivity index (χ4v) is 2.74. The lowest BCUT2D eigenvalue weighted by Crippen LogP contribution is -2.52. The molecule has 0 aromatic carbocycles. The zero-order valence-electron chi connectivity index (χ0n) is 8.26. The molecule has 1 saturated carbocycles. The predicted molar refractivity (Wildman–Crippen MR) is 68.9 cm³/mol. The van der Waals surface area contributed by atoms with E-state index in [2.05, 4.69) is 42.2 Å². The number of halogens is 2. The van der Waals surface area contributed by atoms with Crippen molar-refractivity contribution < 1.29 is 0 Å². The van der Waals surface area contributed by atoms with Crippen LogP contribution in [0.3, 0.4) is 0 Å². The largest absolute Gasteiger partial charge is 0.367 e. The van der Waals surface area contributed by atoms with Gasteiger partial charge in [-0.05, 0) is 57.2 Å². The van der Waals surface area contributed by atoms with Crippen LogP contribution in [0.15, 0.2) is 21.2 Å². The highest BCUT2D eigenvalue weighted by Gasteiger charge is 2.32. The van der Waals surface area contributed by atoms with Crippen molar-refractivity contribution in [2.24, 2.45) is 5.73 Å². The van der Waals surface area contributed by atoms with Gasteiger partial charge in [0.05, 0.1) is 4.47 Å². The Kier molecular flexibility index (Phi) is 3.33. The first-order chi connectivity index (χ1) is 7.09. The van der Waals surface area contributed by atoms with Gasteiger partial charge < -0.3 is 11.1 Å². The van der Waals surface area contributed by atoms with E-state index in [1.54, 1.807) is 6.20 Å². The molecule has 1 heterocycles. The molecule has 3 nitrogen and oxygen atoms in total. The van der Waals surface area contributed by atoms with Gasteiger partial charge in [-0.15, -0.1) is 0 Å². The van der Waals surface area contributed by atoms with Crippen LogP contribution in [-0.2, 0) is 0 Å². The van der Waals surface area contributed by atoms with E-state index in [1.165, 1.54) is 6.42 Å². The molecular weight excluding hydrogens is 322 g/mol. The lowest BCUT2D eigenvalue weighted by atomic mass is 9.78. The van der Waals surface area contributed by atoms with Crippen LogP contribution >= 0.6 is 31.9 Å². The molecule has 5 heteroatoms. The van der Waals surface area contributed by atoms with Crippen molar-refractivity contribution in [1.82, 2.24) is 4.98 Å². The van der Waals surface area contributed by atoms with Crippen LogP contribution in [0.5, 0.6) is 0 Å². The van der Waals surface area contributed by atoms with E-state index in [1.807, 2.05) is 6.07 Å². The molecule has 0 amide bonds. The molecule has 82 valence electrons. The van der Waals surface area contributed by atoms with E-state index < -0.39 is 0 Å². The maximum atomic E-state index is 6.12. The Balaban J connectivity index is 1.98. The zero-order chi connectivity index (χ0) is 10.9. The van der Waals surface area contributed by atoms with Gasteiger partial charge in [-0.25, -0.2) is 4.98 Å². The molecule has 2 rings (SSSR count). The van der Waals surface area contributed by atoms with Gasteiger partial charge in [-0.1, -0.05) is 0 Å². The van der Waals surface area contributed by atoms with Crippen molar-refractivity contribution >= 4 is 37.7 Å². The van der Waals surface area contributed by atoms with E-state index in [4.69, 9.17) is 5.73 Å². The highest BCUT2D eigenvalue weighted by Crippen LogP contribution is 2.30. The summed E-state index contributed by atoms with van der Waals surface area (Å²) >= 11 is 6.83. The lowest BCUT2D eigenvalue weighted by molar-refractivity contribution is 0.265. The minimum atomic E-state index is -0.0196. The van der Waals surface area contributed by atoms with Gasteiger partial charge in [0.2, 0.25) is 0 Å². The second-order valence-corrected chi connectivity index (χ2v) is 5.82. The number of aromatic nitrogens is 1. The smallest absolute Gasteiger partial charge is 0.140 e. The van der Waals surface area contributed by atoms with Crippen molar-refractivity contribution in [3.63, 3.8) is 0 Å². The first-order valence-electron chi connectivity index (χ1n) is 4.93. The Bertz CT molecular complexity index is 364. The van der Waals surface area contributed by atoms with Crippen LogP contribution in [-0.4, -0.2) is 17.1 Å². The second-order valence-electron chi connectivity index (χ2n) is 4.05. The van der Waals surface area contributed by atoms with Crippen molar-refractivity contribution in [2.75, 3.05) is 11.9 Å². The standard InChI is InChI=1S/C10H13Br2N3/c11-7-4-8(12)9(14-5-7)15-6-10(13)2-1-3-10/h4-5H,1-3,6,13H2,(H,14,15). The normalized spacial score (nSPS) is 18.3. The van der Waals surface area contributed by atoms with Crippen LogP contribution in [0.1, 0.15) is 19.3 Å². The predicted octanol–water partition coefficient (Wildman–Crippen LogP) is 2.90. The quantitative estimate of drug-likeness (QED) is 0.893. The molecule has 0 radical (unpaired) electrons. The van der Waals surface area contributed by atoms with Gasteiger partial charge in [0.15, 0.2) is 0 Å².